The minimum Gasteiger partial charge on any atom is -0.0835 e. The minimum atomic E-state index is 0.176. The zero-order valence-corrected chi connectivity index (χ0v) is 15.1. The van der Waals surface area contributed by atoms with Crippen LogP contribution in [0.5, 0.6) is 0 Å². The van der Waals surface area contributed by atoms with Gasteiger partial charge in [-0.1, -0.05) is 62.9 Å². The summed E-state index contributed by atoms with van der Waals surface area (Å²) in [6, 6.07) is 11.6. The SMILES string of the molecule is Clc1ccc(CC(Br)c2ccc(Br)c(Cl)c2)cc1Cl. The minimum absolute atomic E-state index is 0.176. The Morgan fingerprint density at radius 1 is 0.895 bits per heavy atom. The summed E-state index contributed by atoms with van der Waals surface area (Å²) in [5.41, 5.74) is 2.24. The fourth-order valence-electron chi connectivity index (χ4n) is 1.70. The second-order valence-electron chi connectivity index (χ2n) is 4.09. The number of benzene rings is 2. The molecule has 0 saturated heterocycles. The topological polar surface area (TPSA) is 0 Å². The fourth-order valence-corrected chi connectivity index (χ4v) is 3.11. The molecule has 0 radical (unpaired) electrons. The van der Waals surface area contributed by atoms with Gasteiger partial charge in [0.1, 0.15) is 0 Å². The van der Waals surface area contributed by atoms with Crippen LogP contribution < -0.4 is 0 Å². The van der Waals surface area contributed by atoms with Crippen LogP contribution in [0.2, 0.25) is 15.1 Å². The van der Waals surface area contributed by atoms with Gasteiger partial charge in [-0.25, -0.2) is 0 Å². The molecule has 0 saturated carbocycles. The Morgan fingerprint density at radius 2 is 1.63 bits per heavy atom. The molecule has 0 aliphatic carbocycles. The Kier molecular flexibility index (Phi) is 5.62. The van der Waals surface area contributed by atoms with Crippen LogP contribution >= 0.6 is 66.7 Å². The summed E-state index contributed by atoms with van der Waals surface area (Å²) in [5.74, 6) is 0. The molecular weight excluding hydrogens is 434 g/mol. The highest BCUT2D eigenvalue weighted by molar-refractivity contribution is 9.10. The molecule has 0 N–H and O–H groups in total. The van der Waals surface area contributed by atoms with Gasteiger partial charge >= 0.3 is 0 Å². The summed E-state index contributed by atoms with van der Waals surface area (Å²) in [4.78, 5) is 0.176. The molecule has 5 heteroatoms. The average Bonchev–Trinajstić information content (AvgIpc) is 2.37. The van der Waals surface area contributed by atoms with Crippen LogP contribution in [0, 0.1) is 0 Å². The first kappa shape index (κ1) is 15.7. The van der Waals surface area contributed by atoms with Crippen LogP contribution in [0.1, 0.15) is 16.0 Å². The summed E-state index contributed by atoms with van der Waals surface area (Å²) in [5, 5.41) is 1.85. The Bertz CT molecular complexity index is 599. The number of rotatable bonds is 3. The van der Waals surface area contributed by atoms with Gasteiger partial charge in [0.05, 0.1) is 15.1 Å². The highest BCUT2D eigenvalue weighted by Gasteiger charge is 2.11. The third-order valence-corrected chi connectivity index (χ3v) is 5.53. The number of halogens is 5. The van der Waals surface area contributed by atoms with E-state index in [1.165, 1.54) is 0 Å². The second kappa shape index (κ2) is 6.82. The first-order valence-corrected chi connectivity index (χ1v) is 8.34. The molecule has 0 bridgehead atoms. The molecule has 2 aromatic carbocycles. The van der Waals surface area contributed by atoms with Crippen LogP contribution in [0.4, 0.5) is 0 Å². The van der Waals surface area contributed by atoms with Crippen molar-refractivity contribution in [2.45, 2.75) is 11.2 Å². The van der Waals surface area contributed by atoms with Gasteiger partial charge in [-0.05, 0) is 57.7 Å². The Balaban J connectivity index is 2.17. The fraction of sp³-hybridized carbons (Fsp3) is 0.143. The first-order chi connectivity index (χ1) is 8.97. The van der Waals surface area contributed by atoms with Gasteiger partial charge in [0, 0.05) is 9.30 Å². The van der Waals surface area contributed by atoms with E-state index < -0.39 is 0 Å². The maximum atomic E-state index is 6.10. The van der Waals surface area contributed by atoms with E-state index in [1.807, 2.05) is 36.4 Å². The van der Waals surface area contributed by atoms with E-state index in [9.17, 15) is 0 Å². The normalized spacial score (nSPS) is 12.5. The zero-order valence-electron chi connectivity index (χ0n) is 9.64. The Labute approximate surface area is 144 Å². The van der Waals surface area contributed by atoms with Crippen LogP contribution in [-0.2, 0) is 6.42 Å². The summed E-state index contributed by atoms with van der Waals surface area (Å²) in [7, 11) is 0. The molecule has 1 atom stereocenters. The summed E-state index contributed by atoms with van der Waals surface area (Å²) >= 11 is 25.1. The molecule has 0 heterocycles. The maximum Gasteiger partial charge on any atom is 0.0595 e. The summed E-state index contributed by atoms with van der Waals surface area (Å²) in [6.07, 6.45) is 0.814. The van der Waals surface area contributed by atoms with Crippen LogP contribution in [0.25, 0.3) is 0 Å². The number of hydrogen-bond donors (Lipinski definition) is 0. The van der Waals surface area contributed by atoms with Crippen molar-refractivity contribution in [2.24, 2.45) is 0 Å². The van der Waals surface area contributed by atoms with Gasteiger partial charge in [0.15, 0.2) is 0 Å². The van der Waals surface area contributed by atoms with Crippen LogP contribution in [0.3, 0.4) is 0 Å². The Morgan fingerprint density at radius 3 is 2.26 bits per heavy atom. The maximum absolute atomic E-state index is 6.10. The van der Waals surface area contributed by atoms with Crippen LogP contribution in [-0.4, -0.2) is 0 Å². The smallest absolute Gasteiger partial charge is 0.0595 e. The second-order valence-corrected chi connectivity index (χ2v) is 7.27. The lowest BCUT2D eigenvalue weighted by Crippen LogP contribution is -1.95. The average molecular weight is 443 g/mol. The molecule has 100 valence electrons. The number of hydrogen-bond acceptors (Lipinski definition) is 0. The predicted octanol–water partition coefficient (Wildman–Crippen LogP) is 7.09. The third kappa shape index (κ3) is 4.12. The molecule has 0 aromatic heterocycles. The van der Waals surface area contributed by atoms with E-state index in [2.05, 4.69) is 31.9 Å². The quantitative estimate of drug-likeness (QED) is 0.445. The van der Waals surface area contributed by atoms with Crippen molar-refractivity contribution >= 4 is 66.7 Å². The summed E-state index contributed by atoms with van der Waals surface area (Å²) in [6.45, 7) is 0. The molecule has 19 heavy (non-hydrogen) atoms. The Hall–Kier alpha value is 0.270. The van der Waals surface area contributed by atoms with E-state index in [4.69, 9.17) is 34.8 Å². The largest absolute Gasteiger partial charge is 0.0835 e. The lowest BCUT2D eigenvalue weighted by Gasteiger charge is -2.12. The van der Waals surface area contributed by atoms with Gasteiger partial charge in [0.25, 0.3) is 0 Å². The molecule has 2 rings (SSSR count). The van der Waals surface area contributed by atoms with Gasteiger partial charge < -0.3 is 0 Å². The summed E-state index contributed by atoms with van der Waals surface area (Å²) < 4.78 is 0.896. The van der Waals surface area contributed by atoms with Crippen LogP contribution in [0.15, 0.2) is 40.9 Å². The van der Waals surface area contributed by atoms with E-state index in [-0.39, 0.29) is 4.83 Å². The van der Waals surface area contributed by atoms with Gasteiger partial charge in [-0.2, -0.15) is 0 Å². The predicted molar refractivity (Wildman–Crippen MR) is 91.0 cm³/mol. The standard InChI is InChI=1S/C14H9Br2Cl3/c15-10-3-2-9(7-13(10)18)11(16)5-8-1-4-12(17)14(19)6-8/h1-4,6-7,11H,5H2. The van der Waals surface area contributed by atoms with Crippen molar-refractivity contribution in [2.75, 3.05) is 0 Å². The molecule has 0 aliphatic rings. The number of alkyl halides is 1. The highest BCUT2D eigenvalue weighted by atomic mass is 79.9. The van der Waals surface area contributed by atoms with E-state index in [0.717, 1.165) is 22.0 Å². The lowest BCUT2D eigenvalue weighted by molar-refractivity contribution is 0.949. The van der Waals surface area contributed by atoms with E-state index in [1.54, 1.807) is 0 Å². The van der Waals surface area contributed by atoms with Crippen molar-refractivity contribution in [1.29, 1.82) is 0 Å². The third-order valence-electron chi connectivity index (χ3n) is 2.70. The lowest BCUT2D eigenvalue weighted by atomic mass is 10.0. The molecule has 0 spiro atoms. The van der Waals surface area contributed by atoms with Crippen molar-refractivity contribution < 1.29 is 0 Å². The van der Waals surface area contributed by atoms with Crippen molar-refractivity contribution in [3.8, 4) is 0 Å². The molecule has 0 amide bonds. The molecule has 2 aromatic rings. The van der Waals surface area contributed by atoms with Crippen molar-refractivity contribution in [1.82, 2.24) is 0 Å². The molecule has 1 unspecified atom stereocenters. The van der Waals surface area contributed by atoms with E-state index >= 15 is 0 Å². The van der Waals surface area contributed by atoms with Gasteiger partial charge in [0.2, 0.25) is 0 Å². The molecule has 0 aliphatic heterocycles. The van der Waals surface area contributed by atoms with Gasteiger partial charge in [-0.3, -0.25) is 0 Å². The highest BCUT2D eigenvalue weighted by Crippen LogP contribution is 2.33. The molecule has 0 nitrogen and oxygen atoms in total. The van der Waals surface area contributed by atoms with Crippen molar-refractivity contribution in [3.05, 3.63) is 67.1 Å². The molecule has 0 fully saturated rings. The first-order valence-electron chi connectivity index (χ1n) is 5.50. The zero-order chi connectivity index (χ0) is 14.0. The van der Waals surface area contributed by atoms with Crippen molar-refractivity contribution in [3.63, 3.8) is 0 Å². The monoisotopic (exact) mass is 440 g/mol. The van der Waals surface area contributed by atoms with Gasteiger partial charge in [-0.15, -0.1) is 0 Å². The molecular formula is C14H9Br2Cl3. The van der Waals surface area contributed by atoms with E-state index in [0.29, 0.717) is 15.1 Å².